The number of aliphatic hydroxyl groups is 1. The first kappa shape index (κ1) is 18.8. The summed E-state index contributed by atoms with van der Waals surface area (Å²) in [4.78, 5) is 12.1. The molecule has 1 heterocycles. The molecular weight excluding hydrogens is 358 g/mol. The van der Waals surface area contributed by atoms with Crippen LogP contribution >= 0.6 is 0 Å². The zero-order chi connectivity index (χ0) is 19.2. The van der Waals surface area contributed by atoms with Gasteiger partial charge in [0.1, 0.15) is 24.8 Å². The molecule has 0 bridgehead atoms. The molecule has 1 aliphatic rings. The highest BCUT2D eigenvalue weighted by Gasteiger charge is 2.37. The number of halogens is 2. The standard InChI is InChI=1S/C20H18F2O5/c21-15-5-1-3-13(9-15)11-25-18-17(7-8-23)27-20(24)19(18)26-12-14-4-2-6-16(22)10-14/h1-6,9-10,17,23H,7-8,11-12H2. The van der Waals surface area contributed by atoms with E-state index < -0.39 is 23.7 Å². The predicted molar refractivity (Wildman–Crippen MR) is 91.0 cm³/mol. The van der Waals surface area contributed by atoms with Crippen LogP contribution in [0.5, 0.6) is 0 Å². The Bertz CT molecular complexity index is 850. The summed E-state index contributed by atoms with van der Waals surface area (Å²) >= 11 is 0. The van der Waals surface area contributed by atoms with E-state index in [0.29, 0.717) is 11.1 Å². The quantitative estimate of drug-likeness (QED) is 0.717. The SMILES string of the molecule is O=C1OC(CCO)C(OCc2cccc(F)c2)=C1OCc1cccc(F)c1. The lowest BCUT2D eigenvalue weighted by Gasteiger charge is -2.14. The van der Waals surface area contributed by atoms with Crippen molar-refractivity contribution in [1.29, 1.82) is 0 Å². The average Bonchev–Trinajstić information content (AvgIpc) is 2.93. The van der Waals surface area contributed by atoms with Crippen molar-refractivity contribution in [2.75, 3.05) is 6.61 Å². The van der Waals surface area contributed by atoms with Crippen molar-refractivity contribution in [3.05, 3.63) is 82.8 Å². The van der Waals surface area contributed by atoms with E-state index in [1.54, 1.807) is 18.2 Å². The zero-order valence-corrected chi connectivity index (χ0v) is 14.4. The first-order chi connectivity index (χ1) is 13.1. The largest absolute Gasteiger partial charge is 0.485 e. The molecule has 27 heavy (non-hydrogen) atoms. The Morgan fingerprint density at radius 1 is 0.963 bits per heavy atom. The maximum absolute atomic E-state index is 13.3. The number of hydrogen-bond acceptors (Lipinski definition) is 5. The molecule has 3 rings (SSSR count). The Morgan fingerprint density at radius 3 is 2.11 bits per heavy atom. The van der Waals surface area contributed by atoms with Crippen molar-refractivity contribution in [1.82, 2.24) is 0 Å². The summed E-state index contributed by atoms with van der Waals surface area (Å²) in [6.45, 7) is -0.276. The number of aliphatic hydroxyl groups excluding tert-OH is 1. The van der Waals surface area contributed by atoms with Gasteiger partial charge in [-0.3, -0.25) is 0 Å². The predicted octanol–water partition coefficient (Wildman–Crippen LogP) is 3.22. The van der Waals surface area contributed by atoms with Crippen LogP contribution in [0.2, 0.25) is 0 Å². The minimum Gasteiger partial charge on any atom is -0.485 e. The fourth-order valence-electron chi connectivity index (χ4n) is 2.65. The van der Waals surface area contributed by atoms with Gasteiger partial charge in [0.2, 0.25) is 5.76 Å². The second-order valence-corrected chi connectivity index (χ2v) is 5.94. The molecule has 0 saturated carbocycles. The van der Waals surface area contributed by atoms with Crippen LogP contribution in [0.25, 0.3) is 0 Å². The van der Waals surface area contributed by atoms with Crippen LogP contribution in [-0.2, 0) is 32.2 Å². The second kappa shape index (κ2) is 8.64. The van der Waals surface area contributed by atoms with Crippen LogP contribution in [0, 0.1) is 11.6 Å². The van der Waals surface area contributed by atoms with E-state index >= 15 is 0 Å². The highest BCUT2D eigenvalue weighted by atomic mass is 19.1. The molecule has 5 nitrogen and oxygen atoms in total. The number of carbonyl (C=O) groups excluding carboxylic acids is 1. The van der Waals surface area contributed by atoms with Gasteiger partial charge in [-0.2, -0.15) is 0 Å². The van der Waals surface area contributed by atoms with Crippen LogP contribution in [0.3, 0.4) is 0 Å². The fourth-order valence-corrected chi connectivity index (χ4v) is 2.65. The molecule has 1 unspecified atom stereocenters. The first-order valence-electron chi connectivity index (χ1n) is 8.37. The molecule has 0 spiro atoms. The number of cyclic esters (lactones) is 1. The van der Waals surface area contributed by atoms with Crippen molar-refractivity contribution < 1.29 is 32.9 Å². The van der Waals surface area contributed by atoms with Gasteiger partial charge in [-0.1, -0.05) is 24.3 Å². The van der Waals surface area contributed by atoms with Gasteiger partial charge in [0.25, 0.3) is 0 Å². The third-order valence-corrected chi connectivity index (χ3v) is 3.90. The molecule has 0 aromatic heterocycles. The molecule has 1 atom stereocenters. The Labute approximate surface area is 154 Å². The average molecular weight is 376 g/mol. The van der Waals surface area contributed by atoms with Crippen molar-refractivity contribution in [2.24, 2.45) is 0 Å². The summed E-state index contributed by atoms with van der Waals surface area (Å²) in [6.07, 6.45) is -0.657. The minimum absolute atomic E-state index is 0.00150. The molecular formula is C20H18F2O5. The number of hydrogen-bond donors (Lipinski definition) is 1. The van der Waals surface area contributed by atoms with Crippen molar-refractivity contribution >= 4 is 5.97 Å². The van der Waals surface area contributed by atoms with Gasteiger partial charge in [-0.25, -0.2) is 13.6 Å². The van der Waals surface area contributed by atoms with Gasteiger partial charge in [-0.05, 0) is 35.4 Å². The summed E-state index contributed by atoms with van der Waals surface area (Å²) in [7, 11) is 0. The Hall–Kier alpha value is -2.93. The topological polar surface area (TPSA) is 65.0 Å². The maximum Gasteiger partial charge on any atom is 0.378 e. The summed E-state index contributed by atoms with van der Waals surface area (Å²) in [5.74, 6) is -1.54. The van der Waals surface area contributed by atoms with Gasteiger partial charge in [0, 0.05) is 13.0 Å². The van der Waals surface area contributed by atoms with Crippen LogP contribution in [0.1, 0.15) is 17.5 Å². The summed E-state index contributed by atoms with van der Waals surface area (Å²) in [5, 5.41) is 9.18. The first-order valence-corrected chi connectivity index (χ1v) is 8.37. The monoisotopic (exact) mass is 376 g/mol. The Morgan fingerprint density at radius 2 is 1.56 bits per heavy atom. The van der Waals surface area contributed by atoms with Crippen LogP contribution in [0.15, 0.2) is 60.0 Å². The number of benzene rings is 2. The third-order valence-electron chi connectivity index (χ3n) is 3.90. The Kier molecular flexibility index (Phi) is 6.03. The van der Waals surface area contributed by atoms with Crippen LogP contribution < -0.4 is 0 Å². The molecule has 1 aliphatic heterocycles. The van der Waals surface area contributed by atoms with Gasteiger partial charge in [0.05, 0.1) is 0 Å². The Balaban J connectivity index is 1.76. The maximum atomic E-state index is 13.3. The number of rotatable bonds is 8. The molecule has 0 aliphatic carbocycles. The summed E-state index contributed by atoms with van der Waals surface area (Å²) in [6, 6.07) is 11.6. The fraction of sp³-hybridized carbons (Fsp3) is 0.250. The summed E-state index contributed by atoms with van der Waals surface area (Å²) in [5.41, 5.74) is 1.10. The molecule has 0 radical (unpaired) electrons. The zero-order valence-electron chi connectivity index (χ0n) is 14.4. The van der Waals surface area contributed by atoms with E-state index in [4.69, 9.17) is 14.2 Å². The lowest BCUT2D eigenvalue weighted by atomic mass is 10.2. The molecule has 0 fully saturated rings. The van der Waals surface area contributed by atoms with Crippen LogP contribution in [0.4, 0.5) is 8.78 Å². The van der Waals surface area contributed by atoms with E-state index in [-0.39, 0.29) is 37.8 Å². The minimum atomic E-state index is -0.793. The van der Waals surface area contributed by atoms with E-state index in [1.165, 1.54) is 30.3 Å². The molecule has 142 valence electrons. The third kappa shape index (κ3) is 4.83. The lowest BCUT2D eigenvalue weighted by Crippen LogP contribution is -2.15. The van der Waals surface area contributed by atoms with Gasteiger partial charge in [0.15, 0.2) is 11.9 Å². The van der Waals surface area contributed by atoms with E-state index in [2.05, 4.69) is 0 Å². The number of ether oxygens (including phenoxy) is 3. The van der Waals surface area contributed by atoms with Crippen LogP contribution in [-0.4, -0.2) is 23.8 Å². The number of esters is 1. The number of carbonyl (C=O) groups is 1. The van der Waals surface area contributed by atoms with Gasteiger partial charge < -0.3 is 19.3 Å². The van der Waals surface area contributed by atoms with Crippen molar-refractivity contribution in [3.8, 4) is 0 Å². The summed E-state index contributed by atoms with van der Waals surface area (Å²) < 4.78 is 42.9. The molecule has 0 saturated heterocycles. The molecule has 7 heteroatoms. The molecule has 2 aromatic carbocycles. The second-order valence-electron chi connectivity index (χ2n) is 5.94. The normalized spacial score (nSPS) is 16.4. The van der Waals surface area contributed by atoms with Crippen molar-refractivity contribution in [3.63, 3.8) is 0 Å². The highest BCUT2D eigenvalue weighted by Crippen LogP contribution is 2.28. The highest BCUT2D eigenvalue weighted by molar-refractivity contribution is 5.89. The lowest BCUT2D eigenvalue weighted by molar-refractivity contribution is -0.143. The molecule has 0 amide bonds. The van der Waals surface area contributed by atoms with E-state index in [9.17, 15) is 18.7 Å². The molecule has 1 N–H and O–H groups in total. The van der Waals surface area contributed by atoms with Gasteiger partial charge >= 0.3 is 5.97 Å². The van der Waals surface area contributed by atoms with E-state index in [0.717, 1.165) is 0 Å². The van der Waals surface area contributed by atoms with E-state index in [1.807, 2.05) is 0 Å². The van der Waals surface area contributed by atoms with Crippen molar-refractivity contribution in [2.45, 2.75) is 25.7 Å². The molecule has 2 aromatic rings. The van der Waals surface area contributed by atoms with Gasteiger partial charge in [-0.15, -0.1) is 0 Å². The smallest absolute Gasteiger partial charge is 0.378 e.